The van der Waals surface area contributed by atoms with Gasteiger partial charge in [0.1, 0.15) is 6.10 Å². The number of hydrogen-bond acceptors (Lipinski definition) is 3. The topological polar surface area (TPSA) is 27.7 Å². The van der Waals surface area contributed by atoms with Gasteiger partial charge in [-0.1, -0.05) is 26.3 Å². The molecule has 0 aromatic heterocycles. The predicted octanol–water partition coefficient (Wildman–Crippen LogP) is 3.54. The van der Waals surface area contributed by atoms with E-state index in [-0.39, 0.29) is 11.7 Å². The van der Waals surface area contributed by atoms with E-state index in [1.165, 1.54) is 0 Å². The Hall–Kier alpha value is -0.380. The first-order valence-electron chi connectivity index (χ1n) is 6.87. The molecule has 0 N–H and O–H groups in total. The summed E-state index contributed by atoms with van der Waals surface area (Å²) in [6, 6.07) is 0. The fourth-order valence-electron chi connectivity index (χ4n) is 2.57. The van der Waals surface area contributed by atoms with Crippen molar-refractivity contribution in [3.8, 4) is 0 Å². The van der Waals surface area contributed by atoms with Crippen molar-refractivity contribution in [3.05, 3.63) is 12.7 Å². The van der Waals surface area contributed by atoms with Crippen LogP contribution in [0.4, 0.5) is 0 Å². The van der Waals surface area contributed by atoms with E-state index in [1.54, 1.807) is 7.11 Å². The van der Waals surface area contributed by atoms with Crippen LogP contribution >= 0.6 is 0 Å². The van der Waals surface area contributed by atoms with Crippen LogP contribution in [-0.4, -0.2) is 31.2 Å². The fraction of sp³-hybridized carbons (Fsp3) is 0.867. The van der Waals surface area contributed by atoms with Crippen molar-refractivity contribution in [2.45, 2.75) is 64.4 Å². The second kappa shape index (κ2) is 6.18. The highest BCUT2D eigenvalue weighted by Crippen LogP contribution is 2.37. The Balaban J connectivity index is 2.85. The summed E-state index contributed by atoms with van der Waals surface area (Å²) in [4.78, 5) is 0. The number of methoxy groups -OCH3 is 1. The van der Waals surface area contributed by atoms with E-state index in [4.69, 9.17) is 14.2 Å². The molecule has 18 heavy (non-hydrogen) atoms. The average molecular weight is 256 g/mol. The molecule has 0 aromatic rings. The van der Waals surface area contributed by atoms with Gasteiger partial charge < -0.3 is 14.2 Å². The summed E-state index contributed by atoms with van der Waals surface area (Å²) in [5.41, 5.74) is -0.315. The first-order chi connectivity index (χ1) is 8.39. The molecule has 0 radical (unpaired) electrons. The third-order valence-electron chi connectivity index (χ3n) is 3.88. The Morgan fingerprint density at radius 2 is 2.22 bits per heavy atom. The number of ether oxygens (including phenoxy) is 3. The molecular weight excluding hydrogens is 228 g/mol. The third kappa shape index (κ3) is 3.56. The molecule has 1 fully saturated rings. The van der Waals surface area contributed by atoms with Crippen LogP contribution in [0.3, 0.4) is 0 Å². The molecule has 1 saturated heterocycles. The molecule has 3 nitrogen and oxygen atoms in total. The number of rotatable bonds is 7. The standard InChI is InChI=1S/C15H28O3/c1-7-9-15(16-6,10-12(3)8-2)13-11-17-14(4,5)18-13/h7,12-13H,1,8-11H2,2-6H3/t12-,13+,15+/m0/s1. The van der Waals surface area contributed by atoms with E-state index in [0.29, 0.717) is 12.5 Å². The zero-order valence-corrected chi connectivity index (χ0v) is 12.5. The second-order valence-electron chi connectivity index (χ2n) is 5.80. The molecule has 0 unspecified atom stereocenters. The van der Waals surface area contributed by atoms with Crippen LogP contribution < -0.4 is 0 Å². The molecule has 3 atom stereocenters. The largest absolute Gasteiger partial charge is 0.375 e. The van der Waals surface area contributed by atoms with Crippen LogP contribution in [0.1, 0.15) is 47.0 Å². The zero-order valence-electron chi connectivity index (χ0n) is 12.5. The van der Waals surface area contributed by atoms with E-state index >= 15 is 0 Å². The minimum absolute atomic E-state index is 0.0236. The van der Waals surface area contributed by atoms with Crippen molar-refractivity contribution in [2.75, 3.05) is 13.7 Å². The molecule has 1 aliphatic heterocycles. The van der Waals surface area contributed by atoms with Crippen molar-refractivity contribution in [1.29, 1.82) is 0 Å². The lowest BCUT2D eigenvalue weighted by molar-refractivity contribution is -0.180. The molecular formula is C15H28O3. The van der Waals surface area contributed by atoms with E-state index < -0.39 is 5.79 Å². The van der Waals surface area contributed by atoms with Crippen molar-refractivity contribution >= 4 is 0 Å². The summed E-state index contributed by atoms with van der Waals surface area (Å²) >= 11 is 0. The second-order valence-corrected chi connectivity index (χ2v) is 5.80. The van der Waals surface area contributed by atoms with E-state index in [9.17, 15) is 0 Å². The van der Waals surface area contributed by atoms with Gasteiger partial charge in [-0.2, -0.15) is 0 Å². The van der Waals surface area contributed by atoms with Crippen LogP contribution in [0.5, 0.6) is 0 Å². The van der Waals surface area contributed by atoms with Crippen LogP contribution in [0, 0.1) is 5.92 Å². The summed E-state index contributed by atoms with van der Waals surface area (Å²) in [5.74, 6) is 0.0858. The van der Waals surface area contributed by atoms with Crippen LogP contribution in [-0.2, 0) is 14.2 Å². The van der Waals surface area contributed by atoms with Crippen molar-refractivity contribution in [2.24, 2.45) is 5.92 Å². The summed E-state index contributed by atoms with van der Waals surface area (Å²) in [7, 11) is 1.76. The van der Waals surface area contributed by atoms with Gasteiger partial charge in [0, 0.05) is 7.11 Å². The lowest BCUT2D eigenvalue weighted by Crippen LogP contribution is -2.47. The minimum atomic E-state index is -0.509. The van der Waals surface area contributed by atoms with Gasteiger partial charge in [-0.3, -0.25) is 0 Å². The highest BCUT2D eigenvalue weighted by molar-refractivity contribution is 4.98. The van der Waals surface area contributed by atoms with Crippen LogP contribution in [0.15, 0.2) is 12.7 Å². The molecule has 1 heterocycles. The fourth-order valence-corrected chi connectivity index (χ4v) is 2.57. The molecule has 0 aliphatic carbocycles. The van der Waals surface area contributed by atoms with Gasteiger partial charge in [-0.05, 0) is 32.6 Å². The highest BCUT2D eigenvalue weighted by Gasteiger charge is 2.47. The molecule has 1 rings (SSSR count). The van der Waals surface area contributed by atoms with Gasteiger partial charge in [-0.15, -0.1) is 6.58 Å². The Bertz CT molecular complexity index is 275. The lowest BCUT2D eigenvalue weighted by atomic mass is 9.83. The van der Waals surface area contributed by atoms with Crippen molar-refractivity contribution in [3.63, 3.8) is 0 Å². The normalized spacial score (nSPS) is 27.7. The smallest absolute Gasteiger partial charge is 0.163 e. The average Bonchev–Trinajstić information content (AvgIpc) is 2.69. The Kier molecular flexibility index (Phi) is 5.38. The monoisotopic (exact) mass is 256 g/mol. The van der Waals surface area contributed by atoms with E-state index in [2.05, 4.69) is 20.4 Å². The summed E-state index contributed by atoms with van der Waals surface area (Å²) in [6.07, 6.45) is 4.79. The first-order valence-corrected chi connectivity index (χ1v) is 6.87. The molecule has 3 heteroatoms. The summed E-state index contributed by atoms with van der Waals surface area (Å²) < 4.78 is 17.5. The van der Waals surface area contributed by atoms with Crippen molar-refractivity contribution < 1.29 is 14.2 Å². The molecule has 0 bridgehead atoms. The Morgan fingerprint density at radius 1 is 1.56 bits per heavy atom. The molecule has 106 valence electrons. The first kappa shape index (κ1) is 15.7. The summed E-state index contributed by atoms with van der Waals surface area (Å²) in [6.45, 7) is 12.8. The maximum Gasteiger partial charge on any atom is 0.163 e. The van der Waals surface area contributed by atoms with Gasteiger partial charge in [0.2, 0.25) is 0 Å². The van der Waals surface area contributed by atoms with E-state index in [0.717, 1.165) is 19.3 Å². The molecule has 0 amide bonds. The van der Waals surface area contributed by atoms with Gasteiger partial charge in [0.15, 0.2) is 5.79 Å². The van der Waals surface area contributed by atoms with Crippen LogP contribution in [0.25, 0.3) is 0 Å². The maximum atomic E-state index is 6.01. The third-order valence-corrected chi connectivity index (χ3v) is 3.88. The Labute approximate surface area is 111 Å². The Morgan fingerprint density at radius 3 is 2.61 bits per heavy atom. The maximum absolute atomic E-state index is 6.01. The highest BCUT2D eigenvalue weighted by atomic mass is 16.7. The lowest BCUT2D eigenvalue weighted by Gasteiger charge is -2.38. The molecule has 0 spiro atoms. The van der Waals surface area contributed by atoms with Gasteiger partial charge in [0.05, 0.1) is 12.2 Å². The molecule has 0 aromatic carbocycles. The van der Waals surface area contributed by atoms with Crippen molar-refractivity contribution in [1.82, 2.24) is 0 Å². The van der Waals surface area contributed by atoms with Gasteiger partial charge in [-0.25, -0.2) is 0 Å². The van der Waals surface area contributed by atoms with Gasteiger partial charge in [0.25, 0.3) is 0 Å². The van der Waals surface area contributed by atoms with E-state index in [1.807, 2.05) is 19.9 Å². The van der Waals surface area contributed by atoms with Crippen LogP contribution in [0.2, 0.25) is 0 Å². The number of hydrogen-bond donors (Lipinski definition) is 0. The minimum Gasteiger partial charge on any atom is -0.375 e. The molecule has 1 aliphatic rings. The quantitative estimate of drug-likeness (QED) is 0.652. The predicted molar refractivity (Wildman–Crippen MR) is 73.5 cm³/mol. The summed E-state index contributed by atoms with van der Waals surface area (Å²) in [5, 5.41) is 0. The SMILES string of the molecule is C=CC[C@](C[C@@H](C)CC)(OC)[C@H]1COC(C)(C)O1. The molecule has 0 saturated carbocycles. The zero-order chi connectivity index (χ0) is 13.8. The van der Waals surface area contributed by atoms with Gasteiger partial charge >= 0.3 is 0 Å².